The third-order valence-electron chi connectivity index (χ3n) is 3.22. The molecule has 1 saturated carbocycles. The molecule has 0 unspecified atom stereocenters. The molecule has 0 aromatic heterocycles. The van der Waals surface area contributed by atoms with E-state index in [2.05, 4.69) is 40.9 Å². The number of rotatable bonds is 3. The minimum Gasteiger partial charge on any atom is -0.206 e. The molecule has 0 N–H and O–H groups in total. The molecule has 0 nitrogen and oxygen atoms in total. The Morgan fingerprint density at radius 1 is 0.926 bits per heavy atom. The smallest absolute Gasteiger partial charge is 0.130 e. The van der Waals surface area contributed by atoms with Crippen LogP contribution < -0.4 is 0 Å². The SMILES string of the molecule is C=C/C(F)=C(\C=C(C)C)C(=C)C.CC.CC.CC(C)C.CC1CCCCC1. The minimum atomic E-state index is -0.316. The lowest BCUT2D eigenvalue weighted by molar-refractivity contribution is 0.385. The van der Waals surface area contributed by atoms with Crippen LogP contribution in [-0.2, 0) is 0 Å². The van der Waals surface area contributed by atoms with E-state index in [1.54, 1.807) is 13.0 Å². The van der Waals surface area contributed by atoms with Gasteiger partial charge < -0.3 is 0 Å². The van der Waals surface area contributed by atoms with E-state index in [0.29, 0.717) is 11.1 Å². The summed E-state index contributed by atoms with van der Waals surface area (Å²) in [4.78, 5) is 0. The highest BCUT2D eigenvalue weighted by Crippen LogP contribution is 2.22. The van der Waals surface area contributed by atoms with Gasteiger partial charge in [0.2, 0.25) is 0 Å². The Bertz CT molecular complexity index is 384. The number of halogens is 1. The van der Waals surface area contributed by atoms with Crippen LogP contribution in [0.15, 0.2) is 47.9 Å². The topological polar surface area (TPSA) is 0 Å². The molecule has 1 heteroatoms. The molecule has 0 radical (unpaired) electrons. The highest BCUT2D eigenvalue weighted by Gasteiger charge is 2.06. The van der Waals surface area contributed by atoms with Crippen molar-refractivity contribution in [1.82, 2.24) is 0 Å². The van der Waals surface area contributed by atoms with Crippen molar-refractivity contribution in [3.05, 3.63) is 47.9 Å². The molecular weight excluding hydrogens is 331 g/mol. The third kappa shape index (κ3) is 29.9. The minimum absolute atomic E-state index is 0.316. The summed E-state index contributed by atoms with van der Waals surface area (Å²) in [6, 6.07) is 0. The average molecular weight is 383 g/mol. The van der Waals surface area contributed by atoms with Gasteiger partial charge in [0.25, 0.3) is 0 Å². The maximum atomic E-state index is 13.1. The van der Waals surface area contributed by atoms with Crippen LogP contribution in [0.1, 0.15) is 108 Å². The molecule has 0 amide bonds. The van der Waals surface area contributed by atoms with Crippen LogP contribution in [0.3, 0.4) is 0 Å². The summed E-state index contributed by atoms with van der Waals surface area (Å²) in [7, 11) is 0. The van der Waals surface area contributed by atoms with E-state index in [9.17, 15) is 4.39 Å². The Morgan fingerprint density at radius 3 is 1.48 bits per heavy atom. The van der Waals surface area contributed by atoms with Gasteiger partial charge in [0.1, 0.15) is 5.83 Å². The van der Waals surface area contributed by atoms with Crippen molar-refractivity contribution in [2.75, 3.05) is 0 Å². The first-order chi connectivity index (χ1) is 12.6. The monoisotopic (exact) mass is 382 g/mol. The van der Waals surface area contributed by atoms with Crippen molar-refractivity contribution in [1.29, 1.82) is 0 Å². The van der Waals surface area contributed by atoms with Crippen molar-refractivity contribution in [2.24, 2.45) is 11.8 Å². The van der Waals surface area contributed by atoms with Gasteiger partial charge in [-0.05, 0) is 44.3 Å². The van der Waals surface area contributed by atoms with Gasteiger partial charge >= 0.3 is 0 Å². The van der Waals surface area contributed by atoms with E-state index < -0.39 is 0 Å². The second kappa shape index (κ2) is 24.9. The number of allylic oxidation sites excluding steroid dienone is 6. The summed E-state index contributed by atoms with van der Waals surface area (Å²) in [5.74, 6) is 1.55. The molecule has 1 fully saturated rings. The van der Waals surface area contributed by atoms with Gasteiger partial charge in [-0.1, -0.05) is 112 Å². The summed E-state index contributed by atoms with van der Waals surface area (Å²) < 4.78 is 13.1. The van der Waals surface area contributed by atoms with E-state index in [0.717, 1.165) is 17.4 Å². The fraction of sp³-hybridized carbons (Fsp3) is 0.692. The molecule has 0 aromatic rings. The molecule has 0 aromatic carbocycles. The predicted molar refractivity (Wildman–Crippen MR) is 128 cm³/mol. The van der Waals surface area contributed by atoms with Gasteiger partial charge in [0.15, 0.2) is 0 Å². The molecule has 0 spiro atoms. The molecule has 0 aliphatic heterocycles. The standard InChI is InChI=1S/C11H15F.C7H14.C4H10.2C2H6/c1-6-11(12)10(9(4)5)7-8(2)3;1-7-5-3-2-4-6-7;1-4(2)3;2*1-2/h6-7H,1,4H2,2-3,5H3;7H,2-6H2,1H3;4H,1-3H3;2*1-2H3/b11-10-;;;;. The Balaban J connectivity index is -0.000000149. The quantitative estimate of drug-likeness (QED) is 0.426. The van der Waals surface area contributed by atoms with Crippen molar-refractivity contribution >= 4 is 0 Å². The highest BCUT2D eigenvalue weighted by atomic mass is 19.1. The Morgan fingerprint density at radius 2 is 1.30 bits per heavy atom. The zero-order valence-electron chi connectivity index (χ0n) is 20.6. The van der Waals surface area contributed by atoms with Crippen molar-refractivity contribution in [2.45, 2.75) is 108 Å². The van der Waals surface area contributed by atoms with Crippen LogP contribution in [0.5, 0.6) is 0 Å². The Labute approximate surface area is 172 Å². The van der Waals surface area contributed by atoms with Gasteiger partial charge in [-0.25, -0.2) is 4.39 Å². The summed E-state index contributed by atoms with van der Waals surface area (Å²) in [5, 5.41) is 0. The van der Waals surface area contributed by atoms with Crippen molar-refractivity contribution < 1.29 is 4.39 Å². The first-order valence-corrected chi connectivity index (χ1v) is 10.9. The fourth-order valence-corrected chi connectivity index (χ4v) is 2.10. The van der Waals surface area contributed by atoms with Crippen molar-refractivity contribution in [3.8, 4) is 0 Å². The molecule has 1 aliphatic carbocycles. The zero-order chi connectivity index (χ0) is 22.4. The normalized spacial score (nSPS) is 13.5. The summed E-state index contributed by atoms with van der Waals surface area (Å²) in [6.45, 7) is 29.5. The van der Waals surface area contributed by atoms with Crippen LogP contribution in [0.2, 0.25) is 0 Å². The predicted octanol–water partition coefficient (Wildman–Crippen LogP) is 10.2. The van der Waals surface area contributed by atoms with Gasteiger partial charge in [0.05, 0.1) is 0 Å². The van der Waals surface area contributed by atoms with Gasteiger partial charge in [-0.2, -0.15) is 0 Å². The van der Waals surface area contributed by atoms with Crippen LogP contribution >= 0.6 is 0 Å². The highest BCUT2D eigenvalue weighted by molar-refractivity contribution is 5.42. The van der Waals surface area contributed by atoms with Gasteiger partial charge in [0, 0.05) is 5.57 Å². The molecule has 1 aliphatic rings. The van der Waals surface area contributed by atoms with Crippen LogP contribution in [0.25, 0.3) is 0 Å². The summed E-state index contributed by atoms with van der Waals surface area (Å²) >= 11 is 0. The average Bonchev–Trinajstić information content (AvgIpc) is 2.63. The van der Waals surface area contributed by atoms with Gasteiger partial charge in [-0.3, -0.25) is 0 Å². The molecular formula is C26H51F. The number of hydrogen-bond donors (Lipinski definition) is 0. The summed E-state index contributed by atoms with van der Waals surface area (Å²) in [5.41, 5.74) is 2.30. The van der Waals surface area contributed by atoms with Crippen LogP contribution in [-0.4, -0.2) is 0 Å². The molecule has 0 saturated heterocycles. The van der Waals surface area contributed by atoms with Crippen molar-refractivity contribution in [3.63, 3.8) is 0 Å². The third-order valence-corrected chi connectivity index (χ3v) is 3.22. The molecule has 0 atom stereocenters. The molecule has 162 valence electrons. The lowest BCUT2D eigenvalue weighted by Gasteiger charge is -2.15. The second-order valence-corrected chi connectivity index (χ2v) is 7.44. The lowest BCUT2D eigenvalue weighted by Crippen LogP contribution is -1.99. The first kappa shape index (κ1) is 33.5. The Kier molecular flexibility index (Phi) is 30.9. The van der Waals surface area contributed by atoms with Gasteiger partial charge in [-0.15, -0.1) is 0 Å². The molecule has 1 rings (SSSR count). The van der Waals surface area contributed by atoms with E-state index in [1.807, 2.05) is 41.5 Å². The molecule has 0 bridgehead atoms. The van der Waals surface area contributed by atoms with Crippen LogP contribution in [0, 0.1) is 11.8 Å². The van der Waals surface area contributed by atoms with Crippen LogP contribution in [0.4, 0.5) is 4.39 Å². The first-order valence-electron chi connectivity index (χ1n) is 10.9. The Hall–Kier alpha value is -1.11. The second-order valence-electron chi connectivity index (χ2n) is 7.44. The molecule has 0 heterocycles. The molecule has 27 heavy (non-hydrogen) atoms. The van der Waals surface area contributed by atoms with E-state index in [4.69, 9.17) is 0 Å². The summed E-state index contributed by atoms with van der Waals surface area (Å²) in [6.07, 6.45) is 10.4. The zero-order valence-corrected chi connectivity index (χ0v) is 20.6. The van der Waals surface area contributed by atoms with E-state index in [1.165, 1.54) is 38.2 Å². The number of hydrogen-bond acceptors (Lipinski definition) is 0. The van der Waals surface area contributed by atoms with E-state index >= 15 is 0 Å². The van der Waals surface area contributed by atoms with E-state index in [-0.39, 0.29) is 5.83 Å². The maximum absolute atomic E-state index is 13.1. The fourth-order valence-electron chi connectivity index (χ4n) is 2.10. The lowest BCUT2D eigenvalue weighted by atomic mass is 9.91. The maximum Gasteiger partial charge on any atom is 0.130 e. The largest absolute Gasteiger partial charge is 0.206 e.